The lowest BCUT2D eigenvalue weighted by atomic mass is 10.1. The molecular formula is C19H37NO. The summed E-state index contributed by atoms with van der Waals surface area (Å²) in [5, 5.41) is 0. The predicted octanol–water partition coefficient (Wildman–Crippen LogP) is 5.71. The molecule has 0 aromatic rings. The van der Waals surface area contributed by atoms with Crippen molar-refractivity contribution in [3.05, 3.63) is 12.2 Å². The molecule has 21 heavy (non-hydrogen) atoms. The monoisotopic (exact) mass is 295 g/mol. The average molecular weight is 296 g/mol. The third kappa shape index (κ3) is 11.9. The summed E-state index contributed by atoms with van der Waals surface area (Å²) < 4.78 is 5.20. The van der Waals surface area contributed by atoms with Gasteiger partial charge < -0.3 is 10.5 Å². The number of nitrogens with two attached hydrogens (primary N) is 1. The maximum atomic E-state index is 5.60. The van der Waals surface area contributed by atoms with Gasteiger partial charge in [-0.3, -0.25) is 0 Å². The van der Waals surface area contributed by atoms with Crippen LogP contribution in [-0.2, 0) is 4.74 Å². The molecule has 1 rings (SSSR count). The van der Waals surface area contributed by atoms with Crippen LogP contribution in [0.1, 0.15) is 96.8 Å². The van der Waals surface area contributed by atoms with Gasteiger partial charge >= 0.3 is 0 Å². The number of hydrogen-bond donors (Lipinski definition) is 1. The smallest absolute Gasteiger partial charge is 0.132 e. The lowest BCUT2D eigenvalue weighted by molar-refractivity contribution is 0.360. The number of hydrogen-bond acceptors (Lipinski definition) is 2. The van der Waals surface area contributed by atoms with Crippen LogP contribution in [0.15, 0.2) is 12.2 Å². The van der Waals surface area contributed by atoms with Crippen molar-refractivity contribution in [3.63, 3.8) is 0 Å². The molecule has 0 spiro atoms. The molecule has 2 unspecified atom stereocenters. The fourth-order valence-corrected chi connectivity index (χ4v) is 2.81. The maximum Gasteiger partial charge on any atom is 0.132 e. The van der Waals surface area contributed by atoms with E-state index in [1.54, 1.807) is 0 Å². The highest BCUT2D eigenvalue weighted by Crippen LogP contribution is 2.23. The summed E-state index contributed by atoms with van der Waals surface area (Å²) in [6, 6.07) is 0. The number of allylic oxidation sites excluding steroid dienone is 2. The summed E-state index contributed by atoms with van der Waals surface area (Å²) in [6.45, 7) is 2.28. The van der Waals surface area contributed by atoms with E-state index in [1.165, 1.54) is 89.9 Å². The van der Waals surface area contributed by atoms with Gasteiger partial charge in [0.1, 0.15) is 6.23 Å². The van der Waals surface area contributed by atoms with Crippen LogP contribution in [-0.4, -0.2) is 12.3 Å². The van der Waals surface area contributed by atoms with E-state index >= 15 is 0 Å². The lowest BCUT2D eigenvalue weighted by Crippen LogP contribution is -2.04. The molecule has 1 saturated heterocycles. The van der Waals surface area contributed by atoms with E-state index in [1.807, 2.05) is 0 Å². The zero-order valence-corrected chi connectivity index (χ0v) is 14.2. The molecule has 2 heteroatoms. The highest BCUT2D eigenvalue weighted by atomic mass is 16.6. The molecule has 1 aliphatic rings. The van der Waals surface area contributed by atoms with E-state index in [9.17, 15) is 0 Å². The molecule has 0 bridgehead atoms. The highest BCUT2D eigenvalue weighted by molar-refractivity contribution is 4.81. The summed E-state index contributed by atoms with van der Waals surface area (Å²) in [5.74, 6) is 0. The van der Waals surface area contributed by atoms with Crippen LogP contribution >= 0.6 is 0 Å². The van der Waals surface area contributed by atoms with Gasteiger partial charge in [0.05, 0.1) is 6.10 Å². The highest BCUT2D eigenvalue weighted by Gasteiger charge is 2.33. The zero-order valence-electron chi connectivity index (χ0n) is 14.2. The normalized spacial score (nSPS) is 21.2. The first-order valence-corrected chi connectivity index (χ1v) is 9.40. The van der Waals surface area contributed by atoms with Gasteiger partial charge in [0.25, 0.3) is 0 Å². The number of rotatable bonds is 15. The molecule has 0 amide bonds. The van der Waals surface area contributed by atoms with E-state index in [4.69, 9.17) is 10.5 Å². The van der Waals surface area contributed by atoms with Crippen LogP contribution in [0.2, 0.25) is 0 Å². The number of ether oxygens (including phenoxy) is 1. The summed E-state index contributed by atoms with van der Waals surface area (Å²) in [4.78, 5) is 0. The number of epoxide rings is 1. The Labute approximate surface area is 132 Å². The van der Waals surface area contributed by atoms with Gasteiger partial charge in [0.2, 0.25) is 0 Å². The van der Waals surface area contributed by atoms with Gasteiger partial charge in [0, 0.05) is 0 Å². The van der Waals surface area contributed by atoms with Crippen molar-refractivity contribution in [1.82, 2.24) is 0 Å². The summed E-state index contributed by atoms with van der Waals surface area (Å²) in [7, 11) is 0. The second-order valence-electron chi connectivity index (χ2n) is 6.51. The summed E-state index contributed by atoms with van der Waals surface area (Å²) >= 11 is 0. The largest absolute Gasteiger partial charge is 0.353 e. The van der Waals surface area contributed by atoms with Gasteiger partial charge in [-0.05, 0) is 32.1 Å². The Kier molecular flexibility index (Phi) is 11.9. The van der Waals surface area contributed by atoms with Gasteiger partial charge in [-0.15, -0.1) is 0 Å². The first kappa shape index (κ1) is 18.7. The van der Waals surface area contributed by atoms with E-state index < -0.39 is 0 Å². The van der Waals surface area contributed by atoms with Crippen LogP contribution in [0.5, 0.6) is 0 Å². The first-order valence-electron chi connectivity index (χ1n) is 9.40. The van der Waals surface area contributed by atoms with E-state index in [0.717, 1.165) is 0 Å². The fraction of sp³-hybridized carbons (Fsp3) is 0.895. The van der Waals surface area contributed by atoms with Crippen molar-refractivity contribution in [2.45, 2.75) is 109 Å². The molecule has 0 radical (unpaired) electrons. The molecule has 2 N–H and O–H groups in total. The van der Waals surface area contributed by atoms with E-state index in [-0.39, 0.29) is 6.23 Å². The SMILES string of the molecule is CCCCCCCC/C=C\CCCCCCCC1OC1N. The van der Waals surface area contributed by atoms with Crippen molar-refractivity contribution < 1.29 is 4.74 Å². The first-order chi connectivity index (χ1) is 10.3. The minimum Gasteiger partial charge on any atom is -0.353 e. The molecule has 0 aromatic carbocycles. The third-order valence-electron chi connectivity index (χ3n) is 4.37. The molecular weight excluding hydrogens is 258 g/mol. The fourth-order valence-electron chi connectivity index (χ4n) is 2.81. The van der Waals surface area contributed by atoms with Crippen LogP contribution in [0, 0.1) is 0 Å². The molecule has 1 fully saturated rings. The molecule has 0 aliphatic carbocycles. The molecule has 1 aliphatic heterocycles. The Morgan fingerprint density at radius 2 is 1.24 bits per heavy atom. The van der Waals surface area contributed by atoms with Gasteiger partial charge in [-0.1, -0.05) is 76.9 Å². The summed E-state index contributed by atoms with van der Waals surface area (Å²) in [6.07, 6.45) is 24.1. The van der Waals surface area contributed by atoms with Gasteiger partial charge in [-0.25, -0.2) is 0 Å². The zero-order chi connectivity index (χ0) is 15.2. The Hall–Kier alpha value is -0.340. The molecule has 0 saturated carbocycles. The molecule has 124 valence electrons. The van der Waals surface area contributed by atoms with Crippen molar-refractivity contribution in [2.75, 3.05) is 0 Å². The van der Waals surface area contributed by atoms with Crippen molar-refractivity contribution >= 4 is 0 Å². The summed E-state index contributed by atoms with van der Waals surface area (Å²) in [5.41, 5.74) is 5.60. The standard InChI is InChI=1S/C19H37NO/c1-2-3-4-5-6-7-8-9-10-11-12-13-14-15-16-17-18-19(20)21-18/h9-10,18-19H,2-8,11-17,20H2,1H3/b10-9-. The topological polar surface area (TPSA) is 38.5 Å². The number of unbranched alkanes of at least 4 members (excludes halogenated alkanes) is 11. The maximum absolute atomic E-state index is 5.60. The average Bonchev–Trinajstić information content (AvgIpc) is 3.19. The minimum absolute atomic E-state index is 0.0572. The van der Waals surface area contributed by atoms with E-state index in [0.29, 0.717) is 6.10 Å². The quantitative estimate of drug-likeness (QED) is 0.239. The van der Waals surface area contributed by atoms with E-state index in [2.05, 4.69) is 19.1 Å². The van der Waals surface area contributed by atoms with Crippen molar-refractivity contribution in [2.24, 2.45) is 5.73 Å². The van der Waals surface area contributed by atoms with Crippen molar-refractivity contribution in [3.8, 4) is 0 Å². The van der Waals surface area contributed by atoms with Gasteiger partial charge in [-0.2, -0.15) is 0 Å². The molecule has 0 aromatic heterocycles. The van der Waals surface area contributed by atoms with Crippen LogP contribution in [0.25, 0.3) is 0 Å². The van der Waals surface area contributed by atoms with Crippen LogP contribution < -0.4 is 5.73 Å². The Bertz CT molecular complexity index is 252. The molecule has 1 heterocycles. The van der Waals surface area contributed by atoms with Crippen molar-refractivity contribution in [1.29, 1.82) is 0 Å². The molecule has 2 nitrogen and oxygen atoms in total. The van der Waals surface area contributed by atoms with Gasteiger partial charge in [0.15, 0.2) is 0 Å². The third-order valence-corrected chi connectivity index (χ3v) is 4.37. The second kappa shape index (κ2) is 13.3. The van der Waals surface area contributed by atoms with Crippen LogP contribution in [0.3, 0.4) is 0 Å². The lowest BCUT2D eigenvalue weighted by Gasteiger charge is -1.99. The minimum atomic E-state index is 0.0572. The predicted molar refractivity (Wildman–Crippen MR) is 92.3 cm³/mol. The Balaban J connectivity index is 1.68. The second-order valence-corrected chi connectivity index (χ2v) is 6.51. The Morgan fingerprint density at radius 3 is 1.76 bits per heavy atom. The van der Waals surface area contributed by atoms with Crippen LogP contribution in [0.4, 0.5) is 0 Å². The Morgan fingerprint density at radius 1 is 0.762 bits per heavy atom. The molecule has 2 atom stereocenters.